The Bertz CT molecular complexity index is 1490. The van der Waals surface area contributed by atoms with Gasteiger partial charge in [-0.05, 0) is 37.3 Å². The summed E-state index contributed by atoms with van der Waals surface area (Å²) in [6, 6.07) is 6.51. The molecule has 0 spiro atoms. The summed E-state index contributed by atoms with van der Waals surface area (Å²) in [5, 5.41) is 1.30. The van der Waals surface area contributed by atoms with Gasteiger partial charge < -0.3 is 14.4 Å². The van der Waals surface area contributed by atoms with E-state index in [0.29, 0.717) is 38.9 Å². The lowest BCUT2D eigenvalue weighted by Crippen LogP contribution is -2.45. The molecule has 0 radical (unpaired) electrons. The number of cyclic esters (lactones) is 1. The van der Waals surface area contributed by atoms with Crippen LogP contribution in [0.3, 0.4) is 0 Å². The van der Waals surface area contributed by atoms with Crippen LogP contribution in [0, 0.1) is 5.82 Å². The van der Waals surface area contributed by atoms with Crippen molar-refractivity contribution < 1.29 is 27.1 Å². The zero-order chi connectivity index (χ0) is 26.4. The Kier molecular flexibility index (Phi) is 6.62. The van der Waals surface area contributed by atoms with Crippen LogP contribution in [-0.4, -0.2) is 78.5 Å². The second kappa shape index (κ2) is 9.94. The van der Waals surface area contributed by atoms with E-state index >= 15 is 4.39 Å². The average Bonchev–Trinajstić information content (AvgIpc) is 3.60. The Balaban J connectivity index is 1.44. The van der Waals surface area contributed by atoms with Gasteiger partial charge in [0.1, 0.15) is 6.61 Å². The van der Waals surface area contributed by atoms with Gasteiger partial charge in [0, 0.05) is 11.8 Å². The molecule has 6 rings (SSSR count). The fourth-order valence-electron chi connectivity index (χ4n) is 4.87. The highest BCUT2D eigenvalue weighted by molar-refractivity contribution is 7.98. The van der Waals surface area contributed by atoms with E-state index in [9.17, 15) is 13.2 Å². The zero-order valence-corrected chi connectivity index (χ0v) is 22.6. The van der Waals surface area contributed by atoms with E-state index in [1.165, 1.54) is 35.2 Å². The third-order valence-corrected chi connectivity index (χ3v) is 9.68. The number of aromatic nitrogens is 3. The number of thiazole rings is 1. The molecule has 2 unspecified atom stereocenters. The highest BCUT2D eigenvalue weighted by Gasteiger charge is 2.40. The number of hydrogen-bond acceptors (Lipinski definition) is 11. The van der Waals surface area contributed by atoms with E-state index in [0.717, 1.165) is 18.0 Å². The van der Waals surface area contributed by atoms with Gasteiger partial charge in [0.05, 0.1) is 53.8 Å². The molecule has 38 heavy (non-hydrogen) atoms. The lowest BCUT2D eigenvalue weighted by atomic mass is 10.1. The Morgan fingerprint density at radius 3 is 2.68 bits per heavy atom. The predicted octanol–water partition coefficient (Wildman–Crippen LogP) is 3.60. The maximum absolute atomic E-state index is 16.0. The Morgan fingerprint density at radius 2 is 1.97 bits per heavy atom. The predicted molar refractivity (Wildman–Crippen MR) is 141 cm³/mol. The number of nitrogens with one attached hydrogen (secondary N) is 1. The summed E-state index contributed by atoms with van der Waals surface area (Å²) in [4.78, 5) is 28.5. The molecule has 3 aliphatic heterocycles. The van der Waals surface area contributed by atoms with Gasteiger partial charge in [-0.2, -0.15) is 12.7 Å². The SMILES string of the molecule is CSc1nccc(-c2sc(N3C4CCC3COC4)nc2-c2cccc(NS(=O)(=O)N3CCOC3=O)c2F)n1. The summed E-state index contributed by atoms with van der Waals surface area (Å²) >= 11 is 2.81. The number of amides is 1. The standard InChI is InChI=1S/C23H23FN6O5S3/c1-36-21-25-8-7-17(26-21)20-19(27-22(37-20)30-13-5-6-14(30)12-34-11-13)15-3-2-4-16(18(15)24)28-38(32,33)29-9-10-35-23(29)31/h2-4,7-8,13-14,28H,5-6,9-12H2,1H3. The first-order valence-electron chi connectivity index (χ1n) is 11.9. The third-order valence-electron chi connectivity index (χ3n) is 6.63. The van der Waals surface area contributed by atoms with Crippen molar-refractivity contribution in [3.63, 3.8) is 0 Å². The first kappa shape index (κ1) is 25.3. The number of ether oxygens (including phenoxy) is 2. The largest absolute Gasteiger partial charge is 0.447 e. The van der Waals surface area contributed by atoms with Crippen molar-refractivity contribution in [3.8, 4) is 21.8 Å². The van der Waals surface area contributed by atoms with E-state index in [1.54, 1.807) is 18.3 Å². The summed E-state index contributed by atoms with van der Waals surface area (Å²) in [6.45, 7) is 1.00. The van der Waals surface area contributed by atoms with Crippen LogP contribution in [0.2, 0.25) is 0 Å². The number of carbonyl (C=O) groups is 1. The fourth-order valence-corrected chi connectivity index (χ4v) is 7.53. The quantitative estimate of drug-likeness (QED) is 0.328. The minimum Gasteiger partial charge on any atom is -0.447 e. The summed E-state index contributed by atoms with van der Waals surface area (Å²) in [7, 11) is -4.37. The van der Waals surface area contributed by atoms with Crippen molar-refractivity contribution in [2.24, 2.45) is 0 Å². The Labute approximate surface area is 226 Å². The first-order valence-corrected chi connectivity index (χ1v) is 15.3. The smallest absolute Gasteiger partial charge is 0.425 e. The minimum absolute atomic E-state index is 0.0618. The second-order valence-corrected chi connectivity index (χ2v) is 12.2. The van der Waals surface area contributed by atoms with Crippen LogP contribution in [0.1, 0.15) is 12.8 Å². The molecule has 3 fully saturated rings. The monoisotopic (exact) mass is 578 g/mol. The normalized spacial score (nSPS) is 21.2. The molecular weight excluding hydrogens is 555 g/mol. The highest BCUT2D eigenvalue weighted by Crippen LogP contribution is 2.45. The average molecular weight is 579 g/mol. The number of nitrogens with zero attached hydrogens (tertiary/aromatic N) is 5. The van der Waals surface area contributed by atoms with Crippen molar-refractivity contribution in [1.82, 2.24) is 19.3 Å². The molecule has 200 valence electrons. The molecule has 2 bridgehead atoms. The van der Waals surface area contributed by atoms with Crippen LogP contribution in [0.25, 0.3) is 21.8 Å². The molecule has 1 aromatic carbocycles. The molecule has 1 N–H and O–H groups in total. The minimum atomic E-state index is -4.37. The molecule has 1 amide bonds. The maximum Gasteiger partial charge on any atom is 0.425 e. The maximum atomic E-state index is 16.0. The Morgan fingerprint density at radius 1 is 1.18 bits per heavy atom. The fraction of sp³-hybridized carbons (Fsp3) is 0.391. The van der Waals surface area contributed by atoms with Crippen molar-refractivity contribution in [3.05, 3.63) is 36.3 Å². The molecule has 3 saturated heterocycles. The summed E-state index contributed by atoms with van der Waals surface area (Å²) in [6.07, 6.45) is 4.49. The number of hydrogen-bond donors (Lipinski definition) is 1. The van der Waals surface area contributed by atoms with Crippen LogP contribution in [0.4, 0.5) is 20.0 Å². The molecule has 2 aromatic heterocycles. The molecule has 11 nitrogen and oxygen atoms in total. The molecule has 5 heterocycles. The van der Waals surface area contributed by atoms with Crippen LogP contribution in [0.5, 0.6) is 0 Å². The van der Waals surface area contributed by atoms with E-state index in [-0.39, 0.29) is 36.5 Å². The van der Waals surface area contributed by atoms with Gasteiger partial charge in [0.2, 0.25) is 0 Å². The van der Waals surface area contributed by atoms with Gasteiger partial charge in [-0.15, -0.1) is 0 Å². The molecular formula is C23H23FN6O5S3. The molecule has 3 aliphatic rings. The van der Waals surface area contributed by atoms with Gasteiger partial charge >= 0.3 is 16.3 Å². The number of thioether (sulfide) groups is 1. The second-order valence-electron chi connectivity index (χ2n) is 8.89. The lowest BCUT2D eigenvalue weighted by molar-refractivity contribution is 0.0906. The van der Waals surface area contributed by atoms with Gasteiger partial charge in [0.15, 0.2) is 16.1 Å². The molecule has 0 aliphatic carbocycles. The number of fused-ring (bicyclic) bond motifs is 2. The number of halogens is 1. The van der Waals surface area contributed by atoms with Gasteiger partial charge in [-0.1, -0.05) is 29.2 Å². The van der Waals surface area contributed by atoms with Crippen LogP contribution < -0.4 is 9.62 Å². The Hall–Kier alpha value is -3.01. The third kappa shape index (κ3) is 4.46. The van der Waals surface area contributed by atoms with Crippen molar-refractivity contribution >= 4 is 50.2 Å². The van der Waals surface area contributed by atoms with Crippen molar-refractivity contribution in [2.75, 3.05) is 42.2 Å². The number of anilines is 2. The molecule has 0 saturated carbocycles. The number of carbonyl (C=O) groups excluding carboxylic acids is 1. The zero-order valence-electron chi connectivity index (χ0n) is 20.2. The van der Waals surface area contributed by atoms with Crippen LogP contribution in [-0.2, 0) is 19.7 Å². The van der Waals surface area contributed by atoms with Crippen molar-refractivity contribution in [1.29, 1.82) is 0 Å². The summed E-state index contributed by atoms with van der Waals surface area (Å²) < 4.78 is 54.6. The first-order chi connectivity index (χ1) is 18.4. The highest BCUT2D eigenvalue weighted by atomic mass is 32.2. The molecule has 15 heteroatoms. The van der Waals surface area contributed by atoms with Gasteiger partial charge in [0.25, 0.3) is 0 Å². The van der Waals surface area contributed by atoms with Crippen molar-refractivity contribution in [2.45, 2.75) is 30.1 Å². The molecule has 3 aromatic rings. The van der Waals surface area contributed by atoms with E-state index in [1.807, 2.05) is 6.26 Å². The van der Waals surface area contributed by atoms with E-state index < -0.39 is 22.1 Å². The van der Waals surface area contributed by atoms with E-state index in [4.69, 9.17) is 14.5 Å². The number of benzene rings is 1. The summed E-state index contributed by atoms with van der Waals surface area (Å²) in [5.41, 5.74) is 0.743. The van der Waals surface area contributed by atoms with Gasteiger partial charge in [-0.25, -0.2) is 24.1 Å². The number of rotatable bonds is 7. The topological polar surface area (TPSA) is 127 Å². The number of morpholine rings is 1. The molecule has 2 atom stereocenters. The summed E-state index contributed by atoms with van der Waals surface area (Å²) in [5.74, 6) is -0.814. The van der Waals surface area contributed by atoms with Crippen LogP contribution >= 0.6 is 23.1 Å². The van der Waals surface area contributed by atoms with Gasteiger partial charge in [-0.3, -0.25) is 4.72 Å². The lowest BCUT2D eigenvalue weighted by Gasteiger charge is -2.34. The van der Waals surface area contributed by atoms with E-state index in [2.05, 4.69) is 19.6 Å². The van der Waals surface area contributed by atoms with Crippen LogP contribution in [0.15, 0.2) is 35.6 Å².